The minimum Gasteiger partial charge on any atom is -0.370 e. The van der Waals surface area contributed by atoms with Crippen LogP contribution in [0.3, 0.4) is 0 Å². The molecule has 0 heterocycles. The van der Waals surface area contributed by atoms with Crippen LogP contribution < -0.4 is 10.2 Å². The fraction of sp³-hybridized carbons (Fsp3) is 0.571. The van der Waals surface area contributed by atoms with Gasteiger partial charge in [-0.1, -0.05) is 19.4 Å². The van der Waals surface area contributed by atoms with Crippen molar-refractivity contribution in [1.29, 1.82) is 0 Å². The van der Waals surface area contributed by atoms with Gasteiger partial charge in [0.15, 0.2) is 0 Å². The van der Waals surface area contributed by atoms with Crippen LogP contribution >= 0.6 is 0 Å². The van der Waals surface area contributed by atoms with Crippen molar-refractivity contribution in [3.63, 3.8) is 0 Å². The summed E-state index contributed by atoms with van der Waals surface area (Å²) >= 11 is 0. The summed E-state index contributed by atoms with van der Waals surface area (Å²) in [6.45, 7) is 8.12. The Morgan fingerprint density at radius 3 is 2.71 bits per heavy atom. The Morgan fingerprint density at radius 2 is 2.06 bits per heavy atom. The van der Waals surface area contributed by atoms with Crippen LogP contribution in [0.4, 0.5) is 10.1 Å². The average molecular weight is 238 g/mol. The minimum atomic E-state index is -0.167. The van der Waals surface area contributed by atoms with E-state index in [2.05, 4.69) is 24.1 Å². The van der Waals surface area contributed by atoms with Crippen LogP contribution in [0.25, 0.3) is 0 Å². The van der Waals surface area contributed by atoms with Crippen molar-refractivity contribution in [2.75, 3.05) is 31.1 Å². The van der Waals surface area contributed by atoms with Gasteiger partial charge in [-0.25, -0.2) is 4.39 Å². The van der Waals surface area contributed by atoms with E-state index in [-0.39, 0.29) is 5.82 Å². The smallest absolute Gasteiger partial charge is 0.125 e. The zero-order valence-electron chi connectivity index (χ0n) is 10.9. The lowest BCUT2D eigenvalue weighted by molar-refractivity contribution is 0.619. The van der Waals surface area contributed by atoms with Gasteiger partial charge < -0.3 is 10.2 Å². The molecular formula is C14H23FN2. The SMILES string of the molecule is CCCCNCCN(CC)c1cccc(F)c1. The number of nitrogens with one attached hydrogen (secondary N) is 1. The second-order valence-corrected chi connectivity index (χ2v) is 4.16. The normalized spacial score (nSPS) is 10.5. The molecule has 0 radical (unpaired) electrons. The van der Waals surface area contributed by atoms with Gasteiger partial charge in [0.25, 0.3) is 0 Å². The lowest BCUT2D eigenvalue weighted by atomic mass is 10.2. The van der Waals surface area contributed by atoms with Gasteiger partial charge in [-0.2, -0.15) is 0 Å². The zero-order chi connectivity index (χ0) is 12.5. The Morgan fingerprint density at radius 1 is 1.24 bits per heavy atom. The third-order valence-corrected chi connectivity index (χ3v) is 2.82. The van der Waals surface area contributed by atoms with E-state index in [1.54, 1.807) is 12.1 Å². The molecule has 0 bridgehead atoms. The quantitative estimate of drug-likeness (QED) is 0.700. The monoisotopic (exact) mass is 238 g/mol. The molecule has 0 aromatic heterocycles. The van der Waals surface area contributed by atoms with Crippen LogP contribution in [0.15, 0.2) is 24.3 Å². The van der Waals surface area contributed by atoms with Crippen LogP contribution in [0, 0.1) is 5.82 Å². The first-order valence-corrected chi connectivity index (χ1v) is 6.49. The second-order valence-electron chi connectivity index (χ2n) is 4.16. The van der Waals surface area contributed by atoms with Gasteiger partial charge in [0.2, 0.25) is 0 Å². The first-order chi connectivity index (χ1) is 8.27. The van der Waals surface area contributed by atoms with E-state index in [0.29, 0.717) is 0 Å². The molecule has 96 valence electrons. The number of benzene rings is 1. The lowest BCUT2D eigenvalue weighted by Crippen LogP contribution is -2.32. The van der Waals surface area contributed by atoms with Gasteiger partial charge in [-0.15, -0.1) is 0 Å². The average Bonchev–Trinajstić information content (AvgIpc) is 2.34. The maximum atomic E-state index is 13.1. The standard InChI is InChI=1S/C14H23FN2/c1-3-5-9-16-10-11-17(4-2)14-8-6-7-13(15)12-14/h6-8,12,16H,3-5,9-11H2,1-2H3. The summed E-state index contributed by atoms with van der Waals surface area (Å²) in [7, 11) is 0. The van der Waals surface area contributed by atoms with Gasteiger partial charge in [0.1, 0.15) is 5.82 Å². The van der Waals surface area contributed by atoms with Crippen molar-refractivity contribution in [3.8, 4) is 0 Å². The third kappa shape index (κ3) is 5.18. The first kappa shape index (κ1) is 14.0. The summed E-state index contributed by atoms with van der Waals surface area (Å²) in [5.41, 5.74) is 0.963. The number of halogens is 1. The molecule has 17 heavy (non-hydrogen) atoms. The van der Waals surface area contributed by atoms with E-state index in [4.69, 9.17) is 0 Å². The van der Waals surface area contributed by atoms with Crippen molar-refractivity contribution < 1.29 is 4.39 Å². The first-order valence-electron chi connectivity index (χ1n) is 6.49. The van der Waals surface area contributed by atoms with Gasteiger partial charge in [0, 0.05) is 25.3 Å². The second kappa shape index (κ2) is 8.07. The number of anilines is 1. The molecule has 0 aliphatic rings. The fourth-order valence-electron chi connectivity index (χ4n) is 1.78. The maximum Gasteiger partial charge on any atom is 0.125 e. The van der Waals surface area contributed by atoms with Gasteiger partial charge in [-0.3, -0.25) is 0 Å². The molecule has 0 aliphatic heterocycles. The Labute approximate surface area is 104 Å². The predicted octanol–water partition coefficient (Wildman–Crippen LogP) is 3.04. The Hall–Kier alpha value is -1.09. The third-order valence-electron chi connectivity index (χ3n) is 2.82. The molecule has 1 aromatic rings. The highest BCUT2D eigenvalue weighted by molar-refractivity contribution is 5.46. The van der Waals surface area contributed by atoms with Gasteiger partial charge in [0.05, 0.1) is 0 Å². The number of hydrogen-bond donors (Lipinski definition) is 1. The van der Waals surface area contributed by atoms with Crippen molar-refractivity contribution in [3.05, 3.63) is 30.1 Å². The van der Waals surface area contributed by atoms with E-state index >= 15 is 0 Å². The highest BCUT2D eigenvalue weighted by atomic mass is 19.1. The number of likely N-dealkylation sites (N-methyl/N-ethyl adjacent to an activating group) is 1. The Bertz CT molecular complexity index is 315. The van der Waals surface area contributed by atoms with Crippen LogP contribution in [-0.4, -0.2) is 26.2 Å². The predicted molar refractivity (Wildman–Crippen MR) is 72.1 cm³/mol. The van der Waals surface area contributed by atoms with Crippen molar-refractivity contribution in [1.82, 2.24) is 5.32 Å². The molecule has 1 aromatic carbocycles. The summed E-state index contributed by atoms with van der Waals surface area (Å²) < 4.78 is 13.1. The molecule has 1 rings (SSSR count). The molecule has 0 amide bonds. The van der Waals surface area contributed by atoms with Crippen molar-refractivity contribution in [2.45, 2.75) is 26.7 Å². The van der Waals surface area contributed by atoms with Gasteiger partial charge in [-0.05, 0) is 38.1 Å². The van der Waals surface area contributed by atoms with Gasteiger partial charge >= 0.3 is 0 Å². The zero-order valence-corrected chi connectivity index (χ0v) is 10.9. The lowest BCUT2D eigenvalue weighted by Gasteiger charge is -2.23. The number of unbranched alkanes of at least 4 members (excludes halogenated alkanes) is 1. The van der Waals surface area contributed by atoms with Crippen LogP contribution in [0.1, 0.15) is 26.7 Å². The molecule has 0 saturated heterocycles. The topological polar surface area (TPSA) is 15.3 Å². The number of hydrogen-bond acceptors (Lipinski definition) is 2. The van der Waals surface area contributed by atoms with E-state index in [0.717, 1.165) is 31.9 Å². The molecule has 2 nitrogen and oxygen atoms in total. The molecule has 0 atom stereocenters. The summed E-state index contributed by atoms with van der Waals surface area (Å²) in [4.78, 5) is 2.18. The highest BCUT2D eigenvalue weighted by Crippen LogP contribution is 2.14. The van der Waals surface area contributed by atoms with E-state index < -0.39 is 0 Å². The molecule has 1 N–H and O–H groups in total. The summed E-state index contributed by atoms with van der Waals surface area (Å²) in [6.07, 6.45) is 2.43. The fourth-order valence-corrected chi connectivity index (χ4v) is 1.78. The van der Waals surface area contributed by atoms with Crippen LogP contribution in [0.5, 0.6) is 0 Å². The molecule has 0 fully saturated rings. The maximum absolute atomic E-state index is 13.1. The molecular weight excluding hydrogens is 215 g/mol. The molecule has 0 spiro atoms. The summed E-state index contributed by atoms with van der Waals surface area (Å²) in [5.74, 6) is -0.167. The highest BCUT2D eigenvalue weighted by Gasteiger charge is 2.04. The van der Waals surface area contributed by atoms with E-state index in [9.17, 15) is 4.39 Å². The van der Waals surface area contributed by atoms with E-state index in [1.165, 1.54) is 18.9 Å². The Balaban J connectivity index is 2.38. The molecule has 0 aliphatic carbocycles. The number of rotatable bonds is 8. The van der Waals surface area contributed by atoms with Crippen LogP contribution in [-0.2, 0) is 0 Å². The Kier molecular flexibility index (Phi) is 6.63. The minimum absolute atomic E-state index is 0.167. The molecule has 0 unspecified atom stereocenters. The molecule has 0 saturated carbocycles. The summed E-state index contributed by atoms with van der Waals surface area (Å²) in [5, 5.41) is 3.40. The van der Waals surface area contributed by atoms with Crippen molar-refractivity contribution >= 4 is 5.69 Å². The largest absolute Gasteiger partial charge is 0.370 e. The summed E-state index contributed by atoms with van der Waals surface area (Å²) in [6, 6.07) is 6.79. The van der Waals surface area contributed by atoms with E-state index in [1.807, 2.05) is 6.07 Å². The van der Waals surface area contributed by atoms with Crippen LogP contribution in [0.2, 0.25) is 0 Å². The molecule has 3 heteroatoms. The van der Waals surface area contributed by atoms with Crippen molar-refractivity contribution in [2.24, 2.45) is 0 Å². The number of nitrogens with zero attached hydrogens (tertiary/aromatic N) is 1.